The lowest BCUT2D eigenvalue weighted by Gasteiger charge is -2.17. The molecule has 23 heavy (non-hydrogen) atoms. The SMILES string of the molecule is CC(C)CNC(=O)[C@H]1CC(=O)N(c2ccc(F)c([N+](=O)[O-])c2)C1. The lowest BCUT2D eigenvalue weighted by atomic mass is 10.1. The predicted octanol–water partition coefficient (Wildman–Crippen LogP) is 1.86. The second-order valence-electron chi connectivity index (χ2n) is 5.94. The molecule has 0 aliphatic carbocycles. The zero-order valence-electron chi connectivity index (χ0n) is 12.9. The monoisotopic (exact) mass is 323 g/mol. The normalized spacial score (nSPS) is 17.7. The Morgan fingerprint density at radius 2 is 2.22 bits per heavy atom. The number of nitrogens with zero attached hydrogens (tertiary/aromatic N) is 2. The molecule has 8 heteroatoms. The van der Waals surface area contributed by atoms with Crippen LogP contribution >= 0.6 is 0 Å². The van der Waals surface area contributed by atoms with Gasteiger partial charge in [-0.2, -0.15) is 4.39 Å². The molecule has 2 rings (SSSR count). The van der Waals surface area contributed by atoms with E-state index >= 15 is 0 Å². The molecule has 1 aromatic carbocycles. The van der Waals surface area contributed by atoms with Gasteiger partial charge in [-0.05, 0) is 18.1 Å². The van der Waals surface area contributed by atoms with Gasteiger partial charge < -0.3 is 10.2 Å². The third-order valence-electron chi connectivity index (χ3n) is 3.62. The Labute approximate surface area is 132 Å². The van der Waals surface area contributed by atoms with Crippen molar-refractivity contribution in [2.24, 2.45) is 11.8 Å². The van der Waals surface area contributed by atoms with Crippen molar-refractivity contribution in [1.82, 2.24) is 5.32 Å². The maximum atomic E-state index is 13.4. The van der Waals surface area contributed by atoms with Gasteiger partial charge in [0.05, 0.1) is 16.5 Å². The van der Waals surface area contributed by atoms with Crippen LogP contribution in [0.25, 0.3) is 0 Å². The van der Waals surface area contributed by atoms with Crippen LogP contribution in [0.15, 0.2) is 18.2 Å². The Hall–Kier alpha value is -2.51. The van der Waals surface area contributed by atoms with Gasteiger partial charge in [0, 0.05) is 25.6 Å². The standard InChI is InChI=1S/C15H18FN3O4/c1-9(2)7-17-15(21)10-5-14(20)18(8-10)11-3-4-12(16)13(6-11)19(22)23/h3-4,6,9-10H,5,7-8H2,1-2H3,(H,17,21)/t10-/m0/s1. The first-order valence-electron chi connectivity index (χ1n) is 7.31. The van der Waals surface area contributed by atoms with Gasteiger partial charge in [0.25, 0.3) is 0 Å². The van der Waals surface area contributed by atoms with Gasteiger partial charge in [0.2, 0.25) is 17.6 Å². The summed E-state index contributed by atoms with van der Waals surface area (Å²) < 4.78 is 13.4. The third kappa shape index (κ3) is 3.82. The van der Waals surface area contributed by atoms with Crippen molar-refractivity contribution in [2.75, 3.05) is 18.0 Å². The highest BCUT2D eigenvalue weighted by Gasteiger charge is 2.35. The minimum Gasteiger partial charge on any atom is -0.356 e. The number of nitro groups is 1. The summed E-state index contributed by atoms with van der Waals surface area (Å²) in [5, 5.41) is 13.6. The van der Waals surface area contributed by atoms with Gasteiger partial charge in [0.1, 0.15) is 0 Å². The van der Waals surface area contributed by atoms with E-state index in [9.17, 15) is 24.1 Å². The fourth-order valence-electron chi connectivity index (χ4n) is 2.39. The summed E-state index contributed by atoms with van der Waals surface area (Å²) in [4.78, 5) is 35.4. The van der Waals surface area contributed by atoms with Crippen molar-refractivity contribution in [1.29, 1.82) is 0 Å². The molecule has 1 N–H and O–H groups in total. The Kier molecular flexibility index (Phi) is 4.92. The van der Waals surface area contributed by atoms with E-state index in [0.717, 1.165) is 12.1 Å². The average Bonchev–Trinajstić information content (AvgIpc) is 2.87. The molecule has 1 aromatic rings. The molecule has 0 saturated carbocycles. The van der Waals surface area contributed by atoms with Gasteiger partial charge >= 0.3 is 5.69 Å². The second-order valence-corrected chi connectivity index (χ2v) is 5.94. The summed E-state index contributed by atoms with van der Waals surface area (Å²) in [5.41, 5.74) is -0.467. The lowest BCUT2D eigenvalue weighted by molar-refractivity contribution is -0.387. The molecule has 1 heterocycles. The number of rotatable bonds is 5. The molecule has 1 aliphatic heterocycles. The predicted molar refractivity (Wildman–Crippen MR) is 81.4 cm³/mol. The smallest absolute Gasteiger partial charge is 0.306 e. The summed E-state index contributed by atoms with van der Waals surface area (Å²) in [6.45, 7) is 4.57. The Morgan fingerprint density at radius 1 is 1.52 bits per heavy atom. The molecule has 1 fully saturated rings. The molecular formula is C15H18FN3O4. The average molecular weight is 323 g/mol. The van der Waals surface area contributed by atoms with Gasteiger partial charge in [-0.3, -0.25) is 19.7 Å². The first-order chi connectivity index (χ1) is 10.8. The fourth-order valence-corrected chi connectivity index (χ4v) is 2.39. The number of amides is 2. The van der Waals surface area contributed by atoms with E-state index < -0.39 is 22.3 Å². The minimum absolute atomic E-state index is 0.0368. The van der Waals surface area contributed by atoms with Gasteiger partial charge in [-0.25, -0.2) is 0 Å². The maximum absolute atomic E-state index is 13.4. The second kappa shape index (κ2) is 6.72. The summed E-state index contributed by atoms with van der Waals surface area (Å²) in [5.74, 6) is -1.70. The minimum atomic E-state index is -0.961. The Balaban J connectivity index is 2.13. The summed E-state index contributed by atoms with van der Waals surface area (Å²) in [7, 11) is 0. The van der Waals surface area contributed by atoms with Crippen molar-refractivity contribution in [3.8, 4) is 0 Å². The number of hydrogen-bond donors (Lipinski definition) is 1. The van der Waals surface area contributed by atoms with Crippen LogP contribution in [0.4, 0.5) is 15.8 Å². The number of anilines is 1. The molecule has 2 amide bonds. The molecule has 0 aromatic heterocycles. The highest BCUT2D eigenvalue weighted by atomic mass is 19.1. The maximum Gasteiger partial charge on any atom is 0.306 e. The van der Waals surface area contributed by atoms with E-state index in [4.69, 9.17) is 0 Å². The van der Waals surface area contributed by atoms with Crippen molar-refractivity contribution < 1.29 is 18.9 Å². The largest absolute Gasteiger partial charge is 0.356 e. The van der Waals surface area contributed by atoms with E-state index in [0.29, 0.717) is 12.5 Å². The number of carbonyl (C=O) groups is 2. The van der Waals surface area contributed by atoms with E-state index in [-0.39, 0.29) is 30.5 Å². The molecule has 7 nitrogen and oxygen atoms in total. The van der Waals surface area contributed by atoms with Crippen LogP contribution in [0.3, 0.4) is 0 Å². The Morgan fingerprint density at radius 3 is 2.83 bits per heavy atom. The van der Waals surface area contributed by atoms with Gasteiger partial charge in [0.15, 0.2) is 0 Å². The number of nitro benzene ring substituents is 1. The van der Waals surface area contributed by atoms with Gasteiger partial charge in [-0.1, -0.05) is 13.8 Å². The molecule has 0 spiro atoms. The molecule has 124 valence electrons. The van der Waals surface area contributed by atoms with Crippen molar-refractivity contribution >= 4 is 23.2 Å². The fraction of sp³-hybridized carbons (Fsp3) is 0.467. The van der Waals surface area contributed by atoms with Crippen LogP contribution in [0.2, 0.25) is 0 Å². The number of benzene rings is 1. The number of carbonyl (C=O) groups excluding carboxylic acids is 2. The number of halogens is 1. The third-order valence-corrected chi connectivity index (χ3v) is 3.62. The van der Waals surface area contributed by atoms with E-state index in [1.807, 2.05) is 13.8 Å². The highest BCUT2D eigenvalue weighted by molar-refractivity contribution is 6.00. The van der Waals surface area contributed by atoms with Gasteiger partial charge in [-0.15, -0.1) is 0 Å². The number of hydrogen-bond acceptors (Lipinski definition) is 4. The van der Waals surface area contributed by atoms with E-state index in [2.05, 4.69) is 5.32 Å². The molecule has 1 saturated heterocycles. The van der Waals surface area contributed by atoms with Crippen LogP contribution in [0.5, 0.6) is 0 Å². The van der Waals surface area contributed by atoms with Crippen molar-refractivity contribution in [2.45, 2.75) is 20.3 Å². The molecule has 1 aliphatic rings. The zero-order chi connectivity index (χ0) is 17.1. The highest BCUT2D eigenvalue weighted by Crippen LogP contribution is 2.29. The summed E-state index contributed by atoms with van der Waals surface area (Å²) >= 11 is 0. The summed E-state index contributed by atoms with van der Waals surface area (Å²) in [6, 6.07) is 3.27. The van der Waals surface area contributed by atoms with E-state index in [1.54, 1.807) is 0 Å². The van der Waals surface area contributed by atoms with Crippen LogP contribution in [-0.2, 0) is 9.59 Å². The topological polar surface area (TPSA) is 92.6 Å². The zero-order valence-corrected chi connectivity index (χ0v) is 12.9. The number of nitrogens with one attached hydrogen (secondary N) is 1. The first kappa shape index (κ1) is 16.9. The van der Waals surface area contributed by atoms with Crippen LogP contribution in [0, 0.1) is 27.8 Å². The molecule has 0 bridgehead atoms. The molecule has 0 unspecified atom stereocenters. The first-order valence-corrected chi connectivity index (χ1v) is 7.31. The molecular weight excluding hydrogens is 305 g/mol. The lowest BCUT2D eigenvalue weighted by Crippen LogP contribution is -2.35. The van der Waals surface area contributed by atoms with Crippen molar-refractivity contribution in [3.05, 3.63) is 34.1 Å². The van der Waals surface area contributed by atoms with Crippen LogP contribution < -0.4 is 10.2 Å². The van der Waals surface area contributed by atoms with Crippen molar-refractivity contribution in [3.63, 3.8) is 0 Å². The quantitative estimate of drug-likeness (QED) is 0.661. The van der Waals surface area contributed by atoms with Crippen LogP contribution in [0.1, 0.15) is 20.3 Å². The summed E-state index contributed by atoms with van der Waals surface area (Å²) in [6.07, 6.45) is 0.0368. The van der Waals surface area contributed by atoms with Crippen LogP contribution in [-0.4, -0.2) is 29.8 Å². The molecule has 1 atom stereocenters. The Bertz CT molecular complexity index is 648. The van der Waals surface area contributed by atoms with E-state index in [1.165, 1.54) is 11.0 Å². The molecule has 0 radical (unpaired) electrons.